The highest BCUT2D eigenvalue weighted by atomic mass is 19.1. The Kier molecular flexibility index (Phi) is 3.70. The molecule has 5 nitrogen and oxygen atoms in total. The first-order valence-electron chi connectivity index (χ1n) is 5.68. The average molecular weight is 261 g/mol. The van der Waals surface area contributed by atoms with Gasteiger partial charge in [0.15, 0.2) is 0 Å². The van der Waals surface area contributed by atoms with Crippen LogP contribution in [0.1, 0.15) is 13.0 Å². The third-order valence-corrected chi connectivity index (χ3v) is 2.60. The number of hydrogen-bond donors (Lipinski definition) is 1. The van der Waals surface area contributed by atoms with Crippen molar-refractivity contribution < 1.29 is 9.18 Å². The second-order valence-electron chi connectivity index (χ2n) is 3.98. The van der Waals surface area contributed by atoms with Crippen molar-refractivity contribution in [1.29, 1.82) is 0 Å². The molecule has 0 spiro atoms. The summed E-state index contributed by atoms with van der Waals surface area (Å²) in [6.45, 7) is 1.56. The smallest absolute Gasteiger partial charge is 0.267 e. The number of nitrogens with zero attached hydrogens (tertiary/aromatic N) is 2. The van der Waals surface area contributed by atoms with E-state index in [2.05, 4.69) is 10.4 Å². The van der Waals surface area contributed by atoms with Gasteiger partial charge in [-0.3, -0.25) is 9.59 Å². The topological polar surface area (TPSA) is 64.0 Å². The van der Waals surface area contributed by atoms with Crippen LogP contribution in [0.5, 0.6) is 0 Å². The number of carbonyl (C=O) groups excluding carboxylic acids is 1. The van der Waals surface area contributed by atoms with E-state index in [-0.39, 0.29) is 11.4 Å². The van der Waals surface area contributed by atoms with Crippen LogP contribution in [0.3, 0.4) is 0 Å². The number of anilines is 1. The molecule has 0 aliphatic carbocycles. The molecule has 1 heterocycles. The number of amides is 1. The minimum Gasteiger partial charge on any atom is -0.324 e. The van der Waals surface area contributed by atoms with E-state index in [9.17, 15) is 14.0 Å². The summed E-state index contributed by atoms with van der Waals surface area (Å²) >= 11 is 0. The molecule has 0 saturated carbocycles. The number of aromatic nitrogens is 2. The second-order valence-corrected chi connectivity index (χ2v) is 3.98. The van der Waals surface area contributed by atoms with Gasteiger partial charge in [-0.15, -0.1) is 0 Å². The van der Waals surface area contributed by atoms with Crippen LogP contribution in [0, 0.1) is 5.82 Å². The van der Waals surface area contributed by atoms with Crippen molar-refractivity contribution in [2.75, 3.05) is 5.32 Å². The predicted octanol–water partition coefficient (Wildman–Crippen LogP) is 1.58. The van der Waals surface area contributed by atoms with Gasteiger partial charge in [0.25, 0.3) is 5.56 Å². The summed E-state index contributed by atoms with van der Waals surface area (Å²) in [5.41, 5.74) is 0.103. The van der Waals surface area contributed by atoms with Gasteiger partial charge in [0.1, 0.15) is 11.9 Å². The molecule has 6 heteroatoms. The Hall–Kier alpha value is -2.50. The number of rotatable bonds is 3. The Morgan fingerprint density at radius 1 is 1.32 bits per heavy atom. The highest BCUT2D eigenvalue weighted by Gasteiger charge is 2.16. The Balaban J connectivity index is 2.14. The van der Waals surface area contributed by atoms with Crippen LogP contribution in [0.25, 0.3) is 0 Å². The summed E-state index contributed by atoms with van der Waals surface area (Å²) in [4.78, 5) is 23.5. The van der Waals surface area contributed by atoms with Crippen LogP contribution in [-0.4, -0.2) is 15.7 Å². The lowest BCUT2D eigenvalue weighted by Crippen LogP contribution is -2.32. The lowest BCUT2D eigenvalue weighted by Gasteiger charge is -2.13. The molecule has 1 aromatic heterocycles. The van der Waals surface area contributed by atoms with Crippen molar-refractivity contribution in [2.45, 2.75) is 13.0 Å². The van der Waals surface area contributed by atoms with E-state index in [1.807, 2.05) is 0 Å². The summed E-state index contributed by atoms with van der Waals surface area (Å²) in [5.74, 6) is -0.778. The molecule has 1 amide bonds. The molecule has 2 aromatic rings. The summed E-state index contributed by atoms with van der Waals surface area (Å²) in [6, 6.07) is 7.46. The standard InChI is InChI=1S/C13H12FN3O2/c1-9(17-12(18)3-2-8-15-17)13(19)16-11-6-4-10(14)5-7-11/h2-9H,1H3,(H,16,19). The molecule has 19 heavy (non-hydrogen) atoms. The van der Waals surface area contributed by atoms with E-state index in [0.717, 1.165) is 4.68 Å². The Bertz CT molecular complexity index is 637. The van der Waals surface area contributed by atoms with Gasteiger partial charge in [-0.05, 0) is 37.3 Å². The molecule has 98 valence electrons. The van der Waals surface area contributed by atoms with Crippen molar-refractivity contribution in [3.05, 3.63) is 58.8 Å². The molecule has 0 bridgehead atoms. The van der Waals surface area contributed by atoms with E-state index in [4.69, 9.17) is 0 Å². The lowest BCUT2D eigenvalue weighted by atomic mass is 10.2. The van der Waals surface area contributed by atoms with Gasteiger partial charge in [0.2, 0.25) is 5.91 Å². The van der Waals surface area contributed by atoms with Crippen LogP contribution in [0.2, 0.25) is 0 Å². The lowest BCUT2D eigenvalue weighted by molar-refractivity contribution is -0.119. The molecule has 1 N–H and O–H groups in total. The van der Waals surface area contributed by atoms with Crippen LogP contribution in [-0.2, 0) is 4.79 Å². The third kappa shape index (κ3) is 3.04. The maximum absolute atomic E-state index is 12.7. The Morgan fingerprint density at radius 3 is 2.63 bits per heavy atom. The fourth-order valence-electron chi connectivity index (χ4n) is 1.55. The van der Waals surface area contributed by atoms with Crippen LogP contribution in [0.4, 0.5) is 10.1 Å². The van der Waals surface area contributed by atoms with E-state index in [1.165, 1.54) is 42.6 Å². The Labute approximate surface area is 108 Å². The fraction of sp³-hybridized carbons (Fsp3) is 0.154. The van der Waals surface area contributed by atoms with Gasteiger partial charge in [-0.2, -0.15) is 5.10 Å². The normalized spacial score (nSPS) is 11.9. The van der Waals surface area contributed by atoms with Crippen molar-refractivity contribution >= 4 is 11.6 Å². The molecule has 0 aliphatic rings. The maximum Gasteiger partial charge on any atom is 0.267 e. The molecule has 1 atom stereocenters. The van der Waals surface area contributed by atoms with Crippen molar-refractivity contribution in [1.82, 2.24) is 9.78 Å². The summed E-state index contributed by atoms with van der Waals surface area (Å²) in [7, 11) is 0. The zero-order valence-corrected chi connectivity index (χ0v) is 10.2. The predicted molar refractivity (Wildman–Crippen MR) is 68.2 cm³/mol. The molecule has 1 aromatic carbocycles. The fourth-order valence-corrected chi connectivity index (χ4v) is 1.55. The zero-order valence-electron chi connectivity index (χ0n) is 10.2. The summed E-state index contributed by atoms with van der Waals surface area (Å²) in [5, 5.41) is 6.43. The first-order chi connectivity index (χ1) is 9.08. The van der Waals surface area contributed by atoms with E-state index >= 15 is 0 Å². The largest absolute Gasteiger partial charge is 0.324 e. The molecule has 2 rings (SSSR count). The first-order valence-corrected chi connectivity index (χ1v) is 5.68. The minimum atomic E-state index is -0.751. The number of halogens is 1. The highest BCUT2D eigenvalue weighted by molar-refractivity contribution is 5.93. The minimum absolute atomic E-state index is 0.357. The first kappa shape index (κ1) is 12.9. The van der Waals surface area contributed by atoms with Crippen molar-refractivity contribution in [3.63, 3.8) is 0 Å². The summed E-state index contributed by atoms with van der Waals surface area (Å²) in [6.07, 6.45) is 1.43. The number of carbonyl (C=O) groups is 1. The average Bonchev–Trinajstić information content (AvgIpc) is 2.41. The number of hydrogen-bond acceptors (Lipinski definition) is 3. The SMILES string of the molecule is CC(C(=O)Nc1ccc(F)cc1)n1ncccc1=O. The zero-order chi connectivity index (χ0) is 13.8. The van der Waals surface area contributed by atoms with Gasteiger partial charge in [0, 0.05) is 18.0 Å². The number of benzene rings is 1. The molecule has 0 saturated heterocycles. The van der Waals surface area contributed by atoms with Crippen molar-refractivity contribution in [3.8, 4) is 0 Å². The monoisotopic (exact) mass is 261 g/mol. The molecule has 0 radical (unpaired) electrons. The highest BCUT2D eigenvalue weighted by Crippen LogP contribution is 2.11. The van der Waals surface area contributed by atoms with E-state index in [1.54, 1.807) is 6.92 Å². The van der Waals surface area contributed by atoms with Gasteiger partial charge >= 0.3 is 0 Å². The van der Waals surface area contributed by atoms with Crippen LogP contribution in [0.15, 0.2) is 47.4 Å². The van der Waals surface area contributed by atoms with Gasteiger partial charge in [-0.25, -0.2) is 9.07 Å². The van der Waals surface area contributed by atoms with Crippen LogP contribution < -0.4 is 10.9 Å². The second kappa shape index (κ2) is 5.43. The van der Waals surface area contributed by atoms with Gasteiger partial charge in [0.05, 0.1) is 0 Å². The van der Waals surface area contributed by atoms with E-state index < -0.39 is 11.9 Å². The van der Waals surface area contributed by atoms with Gasteiger partial charge < -0.3 is 5.32 Å². The van der Waals surface area contributed by atoms with Crippen LogP contribution >= 0.6 is 0 Å². The van der Waals surface area contributed by atoms with Gasteiger partial charge in [-0.1, -0.05) is 0 Å². The molecular formula is C13H12FN3O2. The molecular weight excluding hydrogens is 249 g/mol. The van der Waals surface area contributed by atoms with Crippen molar-refractivity contribution in [2.24, 2.45) is 0 Å². The summed E-state index contributed by atoms with van der Waals surface area (Å²) < 4.78 is 13.8. The molecule has 1 unspecified atom stereocenters. The quantitative estimate of drug-likeness (QED) is 0.912. The Morgan fingerprint density at radius 2 is 2.00 bits per heavy atom. The number of nitrogens with one attached hydrogen (secondary N) is 1. The third-order valence-electron chi connectivity index (χ3n) is 2.60. The molecule has 0 aliphatic heterocycles. The maximum atomic E-state index is 12.7. The molecule has 0 fully saturated rings. The van der Waals surface area contributed by atoms with E-state index in [0.29, 0.717) is 5.69 Å².